The smallest absolute Gasteiger partial charge is 0.119 e. The van der Waals surface area contributed by atoms with Crippen molar-refractivity contribution in [2.24, 2.45) is 0 Å². The first-order valence-electron chi connectivity index (χ1n) is 6.07. The average molecular weight is 237 g/mol. The van der Waals surface area contributed by atoms with Crippen LogP contribution in [0, 0.1) is 6.92 Å². The average Bonchev–Trinajstić information content (AvgIpc) is 2.77. The largest absolute Gasteiger partial charge is 0.382 e. The summed E-state index contributed by atoms with van der Waals surface area (Å²) in [5.41, 5.74) is 3.97. The van der Waals surface area contributed by atoms with Gasteiger partial charge in [-0.3, -0.25) is 0 Å². The minimum absolute atomic E-state index is 0.599. The lowest BCUT2D eigenvalue weighted by atomic mass is 10.0. The molecule has 0 aliphatic heterocycles. The minimum Gasteiger partial charge on any atom is -0.382 e. The van der Waals surface area contributed by atoms with Crippen molar-refractivity contribution in [2.75, 3.05) is 0 Å². The lowest BCUT2D eigenvalue weighted by Gasteiger charge is -2.10. The van der Waals surface area contributed by atoms with Gasteiger partial charge in [0.25, 0.3) is 0 Å². The molecule has 2 nitrogen and oxygen atoms in total. The molecule has 18 heavy (non-hydrogen) atoms. The number of aliphatic hydroxyl groups excluding tert-OH is 1. The van der Waals surface area contributed by atoms with Crippen LogP contribution in [0.1, 0.15) is 22.9 Å². The van der Waals surface area contributed by atoms with Crippen LogP contribution in [0.3, 0.4) is 0 Å². The number of aromatic nitrogens is 1. The van der Waals surface area contributed by atoms with Crippen molar-refractivity contribution >= 4 is 10.9 Å². The highest BCUT2D eigenvalue weighted by Gasteiger charge is 2.16. The summed E-state index contributed by atoms with van der Waals surface area (Å²) in [7, 11) is 0. The molecule has 0 amide bonds. The molecule has 3 aromatic rings. The molecule has 0 fully saturated rings. The van der Waals surface area contributed by atoms with Crippen molar-refractivity contribution in [3.63, 3.8) is 0 Å². The lowest BCUT2D eigenvalue weighted by molar-refractivity contribution is 0.215. The van der Waals surface area contributed by atoms with E-state index < -0.39 is 6.10 Å². The minimum atomic E-state index is -0.599. The van der Waals surface area contributed by atoms with Crippen molar-refractivity contribution in [2.45, 2.75) is 13.0 Å². The van der Waals surface area contributed by atoms with E-state index in [4.69, 9.17) is 0 Å². The van der Waals surface area contributed by atoms with Gasteiger partial charge in [-0.15, -0.1) is 0 Å². The number of para-hydroxylation sites is 1. The van der Waals surface area contributed by atoms with Crippen LogP contribution in [0.15, 0.2) is 54.6 Å². The summed E-state index contributed by atoms with van der Waals surface area (Å²) < 4.78 is 0. The van der Waals surface area contributed by atoms with E-state index >= 15 is 0 Å². The number of hydrogen-bond donors (Lipinski definition) is 2. The zero-order chi connectivity index (χ0) is 12.5. The highest BCUT2D eigenvalue weighted by Crippen LogP contribution is 2.29. The number of H-pyrrole nitrogens is 1. The normalized spacial score (nSPS) is 12.8. The number of benzene rings is 2. The second kappa shape index (κ2) is 4.31. The van der Waals surface area contributed by atoms with Crippen molar-refractivity contribution in [1.82, 2.24) is 4.98 Å². The molecular weight excluding hydrogens is 222 g/mol. The summed E-state index contributed by atoms with van der Waals surface area (Å²) >= 11 is 0. The molecule has 1 unspecified atom stereocenters. The monoisotopic (exact) mass is 237 g/mol. The van der Waals surface area contributed by atoms with Gasteiger partial charge in [0, 0.05) is 10.9 Å². The SMILES string of the molecule is Cc1c(C(O)c2ccccc2)[nH]c2ccccc12. The molecule has 90 valence electrons. The van der Waals surface area contributed by atoms with Crippen LogP contribution in [-0.2, 0) is 0 Å². The van der Waals surface area contributed by atoms with Crippen molar-refractivity contribution in [1.29, 1.82) is 0 Å². The van der Waals surface area contributed by atoms with E-state index in [1.165, 1.54) is 5.39 Å². The Bertz CT molecular complexity index is 670. The Labute approximate surface area is 106 Å². The first kappa shape index (κ1) is 11.1. The highest BCUT2D eigenvalue weighted by atomic mass is 16.3. The number of hydrogen-bond acceptors (Lipinski definition) is 1. The third-order valence-corrected chi connectivity index (χ3v) is 3.39. The predicted octanol–water partition coefficient (Wildman–Crippen LogP) is 3.56. The number of nitrogens with one attached hydrogen (secondary N) is 1. The first-order chi connectivity index (χ1) is 8.77. The van der Waals surface area contributed by atoms with Crippen LogP contribution in [0.2, 0.25) is 0 Å². The van der Waals surface area contributed by atoms with Gasteiger partial charge in [-0.05, 0) is 24.1 Å². The molecule has 0 saturated carbocycles. The number of aliphatic hydroxyl groups is 1. The maximum absolute atomic E-state index is 10.4. The van der Waals surface area contributed by atoms with E-state index in [1.54, 1.807) is 0 Å². The summed E-state index contributed by atoms with van der Waals surface area (Å²) in [6, 6.07) is 17.8. The third-order valence-electron chi connectivity index (χ3n) is 3.39. The summed E-state index contributed by atoms with van der Waals surface area (Å²) in [5, 5.41) is 11.6. The maximum Gasteiger partial charge on any atom is 0.119 e. The molecule has 0 aliphatic carbocycles. The quantitative estimate of drug-likeness (QED) is 0.702. The van der Waals surface area contributed by atoms with Crippen molar-refractivity contribution in [3.05, 3.63) is 71.4 Å². The Morgan fingerprint density at radius 2 is 1.61 bits per heavy atom. The highest BCUT2D eigenvalue weighted by molar-refractivity contribution is 5.84. The van der Waals surface area contributed by atoms with Crippen LogP contribution in [0.4, 0.5) is 0 Å². The molecule has 2 aromatic carbocycles. The van der Waals surface area contributed by atoms with Gasteiger partial charge in [-0.2, -0.15) is 0 Å². The van der Waals surface area contributed by atoms with E-state index in [9.17, 15) is 5.11 Å². The van der Waals surface area contributed by atoms with E-state index in [0.717, 1.165) is 22.3 Å². The standard InChI is InChI=1S/C16H15NO/c1-11-13-9-5-6-10-14(13)17-15(11)16(18)12-7-3-2-4-8-12/h2-10,16-18H,1H3. The number of fused-ring (bicyclic) bond motifs is 1. The van der Waals surface area contributed by atoms with Gasteiger partial charge in [0.05, 0.1) is 5.69 Å². The Morgan fingerprint density at radius 1 is 0.944 bits per heavy atom. The topological polar surface area (TPSA) is 36.0 Å². The second-order valence-corrected chi connectivity index (χ2v) is 4.52. The number of rotatable bonds is 2. The molecular formula is C16H15NO. The Balaban J connectivity index is 2.12. The third kappa shape index (κ3) is 1.71. The van der Waals surface area contributed by atoms with Gasteiger partial charge < -0.3 is 10.1 Å². The van der Waals surface area contributed by atoms with Gasteiger partial charge in [-0.25, -0.2) is 0 Å². The molecule has 0 spiro atoms. The first-order valence-corrected chi connectivity index (χ1v) is 6.07. The van der Waals surface area contributed by atoms with Gasteiger partial charge in [-0.1, -0.05) is 48.5 Å². The summed E-state index contributed by atoms with van der Waals surface area (Å²) in [4.78, 5) is 3.31. The van der Waals surface area contributed by atoms with E-state index in [0.29, 0.717) is 0 Å². The molecule has 1 heterocycles. The molecule has 1 atom stereocenters. The van der Waals surface area contributed by atoms with Gasteiger partial charge >= 0.3 is 0 Å². The molecule has 0 aliphatic rings. The summed E-state index contributed by atoms with van der Waals surface area (Å²) in [6.07, 6.45) is -0.599. The van der Waals surface area contributed by atoms with Crippen LogP contribution < -0.4 is 0 Å². The molecule has 0 bridgehead atoms. The fourth-order valence-electron chi connectivity index (χ4n) is 2.38. The Hall–Kier alpha value is -2.06. The van der Waals surface area contributed by atoms with Gasteiger partial charge in [0.1, 0.15) is 6.10 Å². The van der Waals surface area contributed by atoms with Crippen molar-refractivity contribution in [3.8, 4) is 0 Å². The van der Waals surface area contributed by atoms with Crippen LogP contribution in [0.5, 0.6) is 0 Å². The predicted molar refractivity (Wildman–Crippen MR) is 73.5 cm³/mol. The Kier molecular flexibility index (Phi) is 2.65. The number of aromatic amines is 1. The van der Waals surface area contributed by atoms with Gasteiger partial charge in [0.2, 0.25) is 0 Å². The zero-order valence-electron chi connectivity index (χ0n) is 10.2. The molecule has 2 heteroatoms. The molecule has 2 N–H and O–H groups in total. The summed E-state index contributed by atoms with van der Waals surface area (Å²) in [6.45, 7) is 2.04. The number of aryl methyl sites for hydroxylation is 1. The van der Waals surface area contributed by atoms with Crippen LogP contribution >= 0.6 is 0 Å². The fraction of sp³-hybridized carbons (Fsp3) is 0.125. The van der Waals surface area contributed by atoms with Crippen LogP contribution in [0.25, 0.3) is 10.9 Å². The lowest BCUT2D eigenvalue weighted by Crippen LogP contribution is -2.01. The molecule has 0 saturated heterocycles. The Morgan fingerprint density at radius 3 is 2.33 bits per heavy atom. The zero-order valence-corrected chi connectivity index (χ0v) is 10.2. The van der Waals surface area contributed by atoms with E-state index in [-0.39, 0.29) is 0 Å². The molecule has 1 aromatic heterocycles. The summed E-state index contributed by atoms with van der Waals surface area (Å²) in [5.74, 6) is 0. The van der Waals surface area contributed by atoms with E-state index in [2.05, 4.69) is 11.1 Å². The van der Waals surface area contributed by atoms with E-state index in [1.807, 2.05) is 55.5 Å². The van der Waals surface area contributed by atoms with Crippen molar-refractivity contribution < 1.29 is 5.11 Å². The molecule has 3 rings (SSSR count). The van der Waals surface area contributed by atoms with Gasteiger partial charge in [0.15, 0.2) is 0 Å². The second-order valence-electron chi connectivity index (χ2n) is 4.52. The fourth-order valence-corrected chi connectivity index (χ4v) is 2.38. The molecule has 0 radical (unpaired) electrons. The maximum atomic E-state index is 10.4. The van der Waals surface area contributed by atoms with Crippen LogP contribution in [-0.4, -0.2) is 10.1 Å².